The summed E-state index contributed by atoms with van der Waals surface area (Å²) in [5, 5.41) is 0. The fraction of sp³-hybridized carbons (Fsp3) is 0.400. The quantitative estimate of drug-likeness (QED) is 0.575. The molecule has 0 spiro atoms. The summed E-state index contributed by atoms with van der Waals surface area (Å²) in [6.45, 7) is 7.31. The van der Waals surface area contributed by atoms with Crippen LogP contribution in [0.25, 0.3) is 0 Å². The minimum Gasteiger partial charge on any atom is -0.451 e. The molecule has 2 nitrogen and oxygen atoms in total. The summed E-state index contributed by atoms with van der Waals surface area (Å²) >= 11 is 0. The lowest BCUT2D eigenvalue weighted by Crippen LogP contribution is -2.33. The first-order valence-corrected chi connectivity index (χ1v) is 6.00. The Hall–Kier alpha value is -1.57. The number of esters is 1. The van der Waals surface area contributed by atoms with Crippen LogP contribution in [0, 0.1) is 0 Å². The number of aryl methyl sites for hydroxylation is 1. The van der Waals surface area contributed by atoms with E-state index >= 15 is 0 Å². The Bertz CT molecular complexity index is 462. The van der Waals surface area contributed by atoms with Crippen molar-refractivity contribution in [1.82, 2.24) is 0 Å². The fourth-order valence-corrected chi connectivity index (χ4v) is 2.40. The van der Waals surface area contributed by atoms with E-state index in [0.29, 0.717) is 5.57 Å². The third kappa shape index (κ3) is 2.26. The van der Waals surface area contributed by atoms with E-state index in [2.05, 4.69) is 18.7 Å². The van der Waals surface area contributed by atoms with E-state index in [0.717, 1.165) is 24.8 Å². The standard InChI is InChI=1S/C15H18O2/c1-11(2)14(16)17-15(3)10-6-8-12-7-4-5-9-13(12)15/h4-5,7,9H,1,6,8,10H2,2-3H3. The summed E-state index contributed by atoms with van der Waals surface area (Å²) in [5.74, 6) is -0.302. The Morgan fingerprint density at radius 1 is 1.41 bits per heavy atom. The molecular weight excluding hydrogens is 212 g/mol. The molecule has 0 aliphatic heterocycles. The highest BCUT2D eigenvalue weighted by Gasteiger charge is 2.35. The van der Waals surface area contributed by atoms with Crippen molar-refractivity contribution in [2.45, 2.75) is 38.7 Å². The smallest absolute Gasteiger partial charge is 0.333 e. The van der Waals surface area contributed by atoms with E-state index in [1.165, 1.54) is 5.56 Å². The molecule has 2 heteroatoms. The van der Waals surface area contributed by atoms with Crippen LogP contribution in [-0.4, -0.2) is 5.97 Å². The monoisotopic (exact) mass is 230 g/mol. The van der Waals surface area contributed by atoms with Gasteiger partial charge in [-0.15, -0.1) is 0 Å². The van der Waals surface area contributed by atoms with E-state index in [9.17, 15) is 4.79 Å². The first kappa shape index (κ1) is 11.9. The molecule has 0 fully saturated rings. The second-order valence-corrected chi connectivity index (χ2v) is 4.91. The average Bonchev–Trinajstić information content (AvgIpc) is 2.29. The molecule has 0 amide bonds. The molecule has 17 heavy (non-hydrogen) atoms. The maximum atomic E-state index is 11.7. The number of carbonyl (C=O) groups excluding carboxylic acids is 1. The normalized spacial score (nSPS) is 22.7. The number of carbonyl (C=O) groups is 1. The summed E-state index contributed by atoms with van der Waals surface area (Å²) in [4.78, 5) is 11.7. The number of ether oxygens (including phenoxy) is 1. The third-order valence-electron chi connectivity index (χ3n) is 3.35. The van der Waals surface area contributed by atoms with Gasteiger partial charge in [0.1, 0.15) is 5.60 Å². The fourth-order valence-electron chi connectivity index (χ4n) is 2.40. The Labute approximate surface area is 102 Å². The highest BCUT2D eigenvalue weighted by molar-refractivity contribution is 5.87. The second-order valence-electron chi connectivity index (χ2n) is 4.91. The van der Waals surface area contributed by atoms with Crippen LogP contribution in [0.3, 0.4) is 0 Å². The molecule has 0 N–H and O–H groups in total. The molecule has 2 rings (SSSR count). The summed E-state index contributed by atoms with van der Waals surface area (Å²) in [6, 6.07) is 8.20. The lowest BCUT2D eigenvalue weighted by molar-refractivity contribution is -0.155. The van der Waals surface area contributed by atoms with Gasteiger partial charge in [-0.05, 0) is 44.2 Å². The van der Waals surface area contributed by atoms with Crippen molar-refractivity contribution in [1.29, 1.82) is 0 Å². The van der Waals surface area contributed by atoms with Gasteiger partial charge in [0, 0.05) is 5.57 Å². The molecule has 0 saturated heterocycles. The van der Waals surface area contributed by atoms with Crippen LogP contribution >= 0.6 is 0 Å². The van der Waals surface area contributed by atoms with Gasteiger partial charge < -0.3 is 4.74 Å². The largest absolute Gasteiger partial charge is 0.451 e. The SMILES string of the molecule is C=C(C)C(=O)OC1(C)CCCc2ccccc21. The summed E-state index contributed by atoms with van der Waals surface area (Å²) in [5.41, 5.74) is 2.39. The highest BCUT2D eigenvalue weighted by atomic mass is 16.6. The topological polar surface area (TPSA) is 26.3 Å². The second kappa shape index (κ2) is 4.36. The maximum Gasteiger partial charge on any atom is 0.333 e. The van der Waals surface area contributed by atoms with Crippen LogP contribution in [0.2, 0.25) is 0 Å². The first-order valence-electron chi connectivity index (χ1n) is 6.00. The molecule has 1 aliphatic rings. The first-order chi connectivity index (χ1) is 8.03. The molecule has 1 aromatic carbocycles. The zero-order valence-electron chi connectivity index (χ0n) is 10.5. The van der Waals surface area contributed by atoms with Crippen LogP contribution in [0.1, 0.15) is 37.8 Å². The zero-order valence-corrected chi connectivity index (χ0v) is 10.5. The Morgan fingerprint density at radius 3 is 2.82 bits per heavy atom. The van der Waals surface area contributed by atoms with Gasteiger partial charge in [-0.2, -0.15) is 0 Å². The van der Waals surface area contributed by atoms with Gasteiger partial charge in [0.15, 0.2) is 0 Å². The number of fused-ring (bicyclic) bond motifs is 1. The van der Waals surface area contributed by atoms with Crippen LogP contribution in [-0.2, 0) is 21.6 Å². The average molecular weight is 230 g/mol. The Morgan fingerprint density at radius 2 is 2.12 bits per heavy atom. The van der Waals surface area contributed by atoms with Gasteiger partial charge in [0.05, 0.1) is 0 Å². The van der Waals surface area contributed by atoms with Crippen molar-refractivity contribution >= 4 is 5.97 Å². The minimum absolute atomic E-state index is 0.302. The molecule has 1 aromatic rings. The van der Waals surface area contributed by atoms with E-state index in [-0.39, 0.29) is 5.97 Å². The predicted octanol–water partition coefficient (Wildman–Crippen LogP) is 3.36. The molecule has 0 aromatic heterocycles. The van der Waals surface area contributed by atoms with Crippen LogP contribution < -0.4 is 0 Å². The van der Waals surface area contributed by atoms with E-state index in [4.69, 9.17) is 4.74 Å². The van der Waals surface area contributed by atoms with Crippen molar-refractivity contribution < 1.29 is 9.53 Å². The summed E-state index contributed by atoms with van der Waals surface area (Å²) in [6.07, 6.45) is 3.00. The molecule has 0 heterocycles. The van der Waals surface area contributed by atoms with Crippen molar-refractivity contribution in [2.24, 2.45) is 0 Å². The van der Waals surface area contributed by atoms with E-state index in [1.807, 2.05) is 19.1 Å². The van der Waals surface area contributed by atoms with Gasteiger partial charge in [-0.25, -0.2) is 4.79 Å². The molecule has 90 valence electrons. The van der Waals surface area contributed by atoms with Crippen molar-refractivity contribution in [3.8, 4) is 0 Å². The molecule has 0 radical (unpaired) electrons. The van der Waals surface area contributed by atoms with Crippen molar-refractivity contribution in [3.05, 3.63) is 47.5 Å². The van der Waals surface area contributed by atoms with E-state index in [1.54, 1.807) is 6.92 Å². The Kier molecular flexibility index (Phi) is 3.05. The minimum atomic E-state index is -0.495. The van der Waals surface area contributed by atoms with E-state index < -0.39 is 5.60 Å². The number of hydrogen-bond acceptors (Lipinski definition) is 2. The van der Waals surface area contributed by atoms with Crippen molar-refractivity contribution in [2.75, 3.05) is 0 Å². The van der Waals surface area contributed by atoms with Gasteiger partial charge in [0.25, 0.3) is 0 Å². The van der Waals surface area contributed by atoms with Crippen LogP contribution in [0.15, 0.2) is 36.4 Å². The van der Waals surface area contributed by atoms with Gasteiger partial charge in [-0.3, -0.25) is 0 Å². The van der Waals surface area contributed by atoms with Crippen molar-refractivity contribution in [3.63, 3.8) is 0 Å². The molecular formula is C15H18O2. The number of hydrogen-bond donors (Lipinski definition) is 0. The Balaban J connectivity index is 2.33. The molecule has 0 bridgehead atoms. The molecule has 1 unspecified atom stereocenters. The highest BCUT2D eigenvalue weighted by Crippen LogP contribution is 2.38. The third-order valence-corrected chi connectivity index (χ3v) is 3.35. The van der Waals surface area contributed by atoms with Gasteiger partial charge in [-0.1, -0.05) is 30.8 Å². The van der Waals surface area contributed by atoms with Gasteiger partial charge in [0.2, 0.25) is 0 Å². The van der Waals surface area contributed by atoms with Crippen LogP contribution in [0.4, 0.5) is 0 Å². The lowest BCUT2D eigenvalue weighted by Gasteiger charge is -2.35. The van der Waals surface area contributed by atoms with Crippen LogP contribution in [0.5, 0.6) is 0 Å². The molecule has 1 atom stereocenters. The number of benzene rings is 1. The zero-order chi connectivity index (χ0) is 12.5. The predicted molar refractivity (Wildman–Crippen MR) is 67.6 cm³/mol. The lowest BCUT2D eigenvalue weighted by atomic mass is 9.80. The molecule has 0 saturated carbocycles. The maximum absolute atomic E-state index is 11.7. The van der Waals surface area contributed by atoms with Gasteiger partial charge >= 0.3 is 5.97 Å². The summed E-state index contributed by atoms with van der Waals surface area (Å²) < 4.78 is 5.63. The number of rotatable bonds is 2. The summed E-state index contributed by atoms with van der Waals surface area (Å²) in [7, 11) is 0. The molecule has 1 aliphatic carbocycles.